The van der Waals surface area contributed by atoms with Gasteiger partial charge in [-0.3, -0.25) is 14.4 Å². The SMILES string of the molecule is O=C(CCCCCI)OCCC[Si](CCCOC(=O)CCCCCI)(CCCOC(=O)CCCCCI)c1ccccc1. The minimum absolute atomic E-state index is 0.101. The largest absolute Gasteiger partial charge is 0.466 e. The molecule has 246 valence electrons. The maximum atomic E-state index is 12.3. The molecule has 0 fully saturated rings. The van der Waals surface area contributed by atoms with Gasteiger partial charge in [0, 0.05) is 19.3 Å². The summed E-state index contributed by atoms with van der Waals surface area (Å²) in [6, 6.07) is 13.6. The predicted molar refractivity (Wildman–Crippen MR) is 205 cm³/mol. The molecular formula is C33H53I3O6Si. The van der Waals surface area contributed by atoms with Crippen LogP contribution < -0.4 is 5.19 Å². The fourth-order valence-corrected chi connectivity index (χ4v) is 11.8. The second-order valence-corrected chi connectivity index (χ2v) is 19.0. The van der Waals surface area contributed by atoms with Gasteiger partial charge in [-0.15, -0.1) is 0 Å². The first kappa shape index (κ1) is 41.1. The molecule has 0 saturated carbocycles. The summed E-state index contributed by atoms with van der Waals surface area (Å²) in [7, 11) is -2.07. The van der Waals surface area contributed by atoms with E-state index >= 15 is 0 Å². The number of hydrogen-bond acceptors (Lipinski definition) is 6. The van der Waals surface area contributed by atoms with Crippen LogP contribution in [0.4, 0.5) is 0 Å². The van der Waals surface area contributed by atoms with Gasteiger partial charge in [-0.2, -0.15) is 0 Å². The minimum atomic E-state index is -2.07. The van der Waals surface area contributed by atoms with Gasteiger partial charge in [0.15, 0.2) is 0 Å². The average molecular weight is 955 g/mol. The molecular weight excluding hydrogens is 901 g/mol. The lowest BCUT2D eigenvalue weighted by Crippen LogP contribution is -2.48. The quantitative estimate of drug-likeness (QED) is 0.0209. The fraction of sp³-hybridized carbons (Fsp3) is 0.727. The van der Waals surface area contributed by atoms with Crippen molar-refractivity contribution >= 4 is 98.9 Å². The van der Waals surface area contributed by atoms with Crippen LogP contribution in [0.25, 0.3) is 0 Å². The molecule has 0 bridgehead atoms. The van der Waals surface area contributed by atoms with E-state index in [9.17, 15) is 14.4 Å². The molecule has 10 heteroatoms. The maximum Gasteiger partial charge on any atom is 0.305 e. The molecule has 0 radical (unpaired) electrons. The number of hydrogen-bond donors (Lipinski definition) is 0. The van der Waals surface area contributed by atoms with Gasteiger partial charge in [-0.1, -0.05) is 123 Å². The molecule has 0 amide bonds. The Hall–Kier alpha value is 0.0369. The van der Waals surface area contributed by atoms with Crippen LogP contribution in [-0.4, -0.2) is 59.1 Å². The van der Waals surface area contributed by atoms with Crippen molar-refractivity contribution in [2.75, 3.05) is 33.1 Å². The van der Waals surface area contributed by atoms with Crippen molar-refractivity contribution in [2.24, 2.45) is 0 Å². The van der Waals surface area contributed by atoms with Crippen LogP contribution in [0.3, 0.4) is 0 Å². The molecule has 6 nitrogen and oxygen atoms in total. The molecule has 0 saturated heterocycles. The highest BCUT2D eigenvalue weighted by atomic mass is 127. The summed E-state index contributed by atoms with van der Waals surface area (Å²) in [4.78, 5) is 36.8. The number of rotatable bonds is 28. The minimum Gasteiger partial charge on any atom is -0.466 e. The van der Waals surface area contributed by atoms with E-state index < -0.39 is 8.07 Å². The van der Waals surface area contributed by atoms with Gasteiger partial charge in [0.25, 0.3) is 0 Å². The first-order chi connectivity index (χ1) is 21.0. The van der Waals surface area contributed by atoms with E-state index in [0.29, 0.717) is 39.1 Å². The van der Waals surface area contributed by atoms with Gasteiger partial charge in [0.2, 0.25) is 0 Å². The summed E-state index contributed by atoms with van der Waals surface area (Å²) in [5.41, 5.74) is 0. The molecule has 0 aliphatic heterocycles. The summed E-state index contributed by atoms with van der Waals surface area (Å²) in [5, 5.41) is 1.37. The van der Waals surface area contributed by atoms with Crippen molar-refractivity contribution < 1.29 is 28.6 Å². The Kier molecular flexibility index (Phi) is 27.0. The molecule has 0 aliphatic rings. The van der Waals surface area contributed by atoms with Crippen LogP contribution in [0, 0.1) is 0 Å². The Morgan fingerprint density at radius 3 is 1.16 bits per heavy atom. The smallest absolute Gasteiger partial charge is 0.305 e. The zero-order valence-corrected chi connectivity index (χ0v) is 33.4. The normalized spacial score (nSPS) is 11.3. The first-order valence-corrected chi connectivity index (χ1v) is 23.4. The monoisotopic (exact) mass is 954 g/mol. The molecule has 1 aromatic carbocycles. The second kappa shape index (κ2) is 28.3. The third-order valence-corrected chi connectivity index (χ3v) is 15.4. The Bertz CT molecular complexity index is 779. The van der Waals surface area contributed by atoms with Gasteiger partial charge < -0.3 is 14.2 Å². The Morgan fingerprint density at radius 2 is 0.837 bits per heavy atom. The molecule has 1 rings (SSSR count). The van der Waals surface area contributed by atoms with E-state index in [4.69, 9.17) is 14.2 Å². The molecule has 0 aliphatic carbocycles. The molecule has 1 aromatic rings. The van der Waals surface area contributed by atoms with E-state index in [-0.39, 0.29) is 17.9 Å². The fourth-order valence-electron chi connectivity index (χ4n) is 5.23. The van der Waals surface area contributed by atoms with Crippen LogP contribution >= 0.6 is 67.8 Å². The molecule has 0 spiro atoms. The second-order valence-electron chi connectivity index (χ2n) is 11.1. The molecule has 0 N–H and O–H groups in total. The lowest BCUT2D eigenvalue weighted by Gasteiger charge is -2.33. The Morgan fingerprint density at radius 1 is 0.488 bits per heavy atom. The Labute approximate surface area is 302 Å². The van der Waals surface area contributed by atoms with E-state index in [1.165, 1.54) is 5.19 Å². The standard InChI is InChI=1S/C33H53I3O6Si/c34-21-10-2-7-18-31(37)40-24-13-27-43(30-16-5-1-6-17-30,28-14-25-41-32(38)19-8-3-11-22-35)29-15-26-42-33(39)20-9-4-12-23-36/h1,5-6,16-17H,2-4,7-15,18-29H2. The number of esters is 3. The van der Waals surface area contributed by atoms with Crippen LogP contribution in [0.1, 0.15) is 96.3 Å². The van der Waals surface area contributed by atoms with Crippen molar-refractivity contribution in [1.82, 2.24) is 0 Å². The lowest BCUT2D eigenvalue weighted by molar-refractivity contribution is -0.144. The molecule has 43 heavy (non-hydrogen) atoms. The summed E-state index contributed by atoms with van der Waals surface area (Å²) in [6.07, 6.45) is 13.2. The number of carbonyl (C=O) groups is 3. The van der Waals surface area contributed by atoms with E-state index in [1.807, 2.05) is 6.07 Å². The summed E-state index contributed by atoms with van der Waals surface area (Å²) in [5.74, 6) is -0.302. The maximum absolute atomic E-state index is 12.3. The molecule has 0 atom stereocenters. The molecule has 0 aromatic heterocycles. The highest BCUT2D eigenvalue weighted by Gasteiger charge is 2.34. The molecule has 0 heterocycles. The number of ether oxygens (including phenoxy) is 3. The summed E-state index contributed by atoms with van der Waals surface area (Å²) < 4.78 is 20.2. The van der Waals surface area contributed by atoms with E-state index in [2.05, 4.69) is 92.0 Å². The average Bonchev–Trinajstić information content (AvgIpc) is 3.02. The van der Waals surface area contributed by atoms with Crippen molar-refractivity contribution in [1.29, 1.82) is 0 Å². The van der Waals surface area contributed by atoms with Crippen molar-refractivity contribution in [2.45, 2.75) is 114 Å². The lowest BCUT2D eigenvalue weighted by atomic mass is 10.2. The van der Waals surface area contributed by atoms with Gasteiger partial charge in [-0.25, -0.2) is 0 Å². The molecule has 0 unspecified atom stereocenters. The summed E-state index contributed by atoms with van der Waals surface area (Å²) in [6.45, 7) is 1.31. The van der Waals surface area contributed by atoms with Gasteiger partial charge in [-0.05, 0) is 89.2 Å². The van der Waals surface area contributed by atoms with Crippen LogP contribution in [-0.2, 0) is 28.6 Å². The van der Waals surface area contributed by atoms with Gasteiger partial charge in [0.05, 0.1) is 27.9 Å². The first-order valence-electron chi connectivity index (χ1n) is 16.2. The highest BCUT2D eigenvalue weighted by Crippen LogP contribution is 2.27. The van der Waals surface area contributed by atoms with Crippen molar-refractivity contribution in [3.8, 4) is 0 Å². The van der Waals surface area contributed by atoms with E-state index in [1.54, 1.807) is 0 Å². The van der Waals surface area contributed by atoms with Crippen molar-refractivity contribution in [3.05, 3.63) is 30.3 Å². The third-order valence-electron chi connectivity index (χ3n) is 7.62. The van der Waals surface area contributed by atoms with Gasteiger partial charge in [0.1, 0.15) is 0 Å². The number of halogens is 3. The number of carbonyl (C=O) groups excluding carboxylic acids is 3. The third kappa shape index (κ3) is 21.5. The number of alkyl halides is 3. The van der Waals surface area contributed by atoms with Gasteiger partial charge >= 0.3 is 17.9 Å². The zero-order chi connectivity index (χ0) is 31.4. The van der Waals surface area contributed by atoms with Crippen LogP contribution in [0.2, 0.25) is 18.1 Å². The van der Waals surface area contributed by atoms with Crippen molar-refractivity contribution in [3.63, 3.8) is 0 Å². The number of unbranched alkanes of at least 4 members (excludes halogenated alkanes) is 6. The summed E-state index contributed by atoms with van der Waals surface area (Å²) >= 11 is 7.10. The van der Waals surface area contributed by atoms with Crippen LogP contribution in [0.15, 0.2) is 30.3 Å². The topological polar surface area (TPSA) is 78.9 Å². The van der Waals surface area contributed by atoms with E-state index in [0.717, 1.165) is 108 Å². The predicted octanol–water partition coefficient (Wildman–Crippen LogP) is 9.13. The number of benzene rings is 1. The highest BCUT2D eigenvalue weighted by molar-refractivity contribution is 14.1. The zero-order valence-electron chi connectivity index (χ0n) is 25.9. The Balaban J connectivity index is 2.77. The van der Waals surface area contributed by atoms with Crippen LogP contribution in [0.5, 0.6) is 0 Å².